The lowest BCUT2D eigenvalue weighted by atomic mass is 10.0. The van der Waals surface area contributed by atoms with Gasteiger partial charge in [0.15, 0.2) is 0 Å². The fourth-order valence-corrected chi connectivity index (χ4v) is 2.34. The highest BCUT2D eigenvalue weighted by Gasteiger charge is 2.23. The Morgan fingerprint density at radius 3 is 2.89 bits per heavy atom. The zero-order chi connectivity index (χ0) is 13.4. The van der Waals surface area contributed by atoms with Gasteiger partial charge in [-0.2, -0.15) is 4.98 Å². The molecular formula is C11H12N6O2. The summed E-state index contributed by atoms with van der Waals surface area (Å²) in [6.07, 6.45) is 6.59. The summed E-state index contributed by atoms with van der Waals surface area (Å²) in [4.78, 5) is 22.5. The first-order chi connectivity index (χ1) is 9.16. The zero-order valence-corrected chi connectivity index (χ0v) is 10.1. The van der Waals surface area contributed by atoms with Gasteiger partial charge in [-0.05, 0) is 25.7 Å². The maximum Gasteiger partial charge on any atom is 0.330 e. The van der Waals surface area contributed by atoms with Gasteiger partial charge >= 0.3 is 5.69 Å². The van der Waals surface area contributed by atoms with Gasteiger partial charge in [-0.25, -0.2) is 9.97 Å². The molecule has 0 atom stereocenters. The van der Waals surface area contributed by atoms with Crippen molar-refractivity contribution in [3.63, 3.8) is 0 Å². The third-order valence-electron chi connectivity index (χ3n) is 3.22. The van der Waals surface area contributed by atoms with Gasteiger partial charge in [0.05, 0.1) is 10.6 Å². The second-order valence-corrected chi connectivity index (χ2v) is 4.41. The first-order valence-electron chi connectivity index (χ1n) is 5.99. The molecule has 2 heterocycles. The van der Waals surface area contributed by atoms with E-state index in [0.29, 0.717) is 0 Å². The number of imidazole rings is 1. The standard InChI is InChI=1S/C11H12N6O2/c12-11-13-5-9(17(18)19)10(15-11)16-6-14-7-3-1-2-4-8(7)16/h5-6H,1-4H2,(H2,12,13,15). The number of fused-ring (bicyclic) bond motifs is 1. The molecule has 2 aromatic heterocycles. The first kappa shape index (κ1) is 11.6. The SMILES string of the molecule is Nc1ncc([N+](=O)[O-])c(-n2cnc3c2CCCC3)n1. The molecule has 0 aliphatic heterocycles. The second kappa shape index (κ2) is 4.30. The highest BCUT2D eigenvalue weighted by atomic mass is 16.6. The molecule has 98 valence electrons. The summed E-state index contributed by atoms with van der Waals surface area (Å²) in [5.74, 6) is 0.201. The van der Waals surface area contributed by atoms with Crippen LogP contribution in [0.15, 0.2) is 12.5 Å². The van der Waals surface area contributed by atoms with Crippen LogP contribution in [0.25, 0.3) is 5.82 Å². The van der Waals surface area contributed by atoms with Crippen molar-refractivity contribution in [1.82, 2.24) is 19.5 Å². The normalized spacial score (nSPS) is 14.1. The number of aryl methyl sites for hydroxylation is 1. The Morgan fingerprint density at radius 2 is 2.11 bits per heavy atom. The Balaban J connectivity index is 2.19. The smallest absolute Gasteiger partial charge is 0.330 e. The van der Waals surface area contributed by atoms with Gasteiger partial charge in [-0.15, -0.1) is 0 Å². The summed E-state index contributed by atoms with van der Waals surface area (Å²) < 4.78 is 1.66. The second-order valence-electron chi connectivity index (χ2n) is 4.41. The molecule has 2 N–H and O–H groups in total. The Bertz CT molecular complexity index is 651. The summed E-state index contributed by atoms with van der Waals surface area (Å²) in [7, 11) is 0. The molecule has 0 aromatic carbocycles. The molecule has 0 spiro atoms. The summed E-state index contributed by atoms with van der Waals surface area (Å²) in [6.45, 7) is 0. The molecule has 0 unspecified atom stereocenters. The molecule has 0 saturated heterocycles. The van der Waals surface area contributed by atoms with Crippen LogP contribution in [-0.2, 0) is 12.8 Å². The van der Waals surface area contributed by atoms with Crippen molar-refractivity contribution in [3.8, 4) is 5.82 Å². The predicted octanol–water partition coefficient (Wildman–Crippen LogP) is 1.03. The minimum atomic E-state index is -0.510. The third kappa shape index (κ3) is 1.90. The average Bonchev–Trinajstić information content (AvgIpc) is 2.82. The summed E-state index contributed by atoms with van der Waals surface area (Å²) in [5, 5.41) is 11.0. The molecule has 2 aromatic rings. The molecule has 0 fully saturated rings. The minimum Gasteiger partial charge on any atom is -0.368 e. The molecule has 3 rings (SSSR count). The fraction of sp³-hybridized carbons (Fsp3) is 0.364. The van der Waals surface area contributed by atoms with Crippen LogP contribution < -0.4 is 5.73 Å². The Labute approximate surface area is 108 Å². The van der Waals surface area contributed by atoms with Crippen LogP contribution in [0, 0.1) is 10.1 Å². The van der Waals surface area contributed by atoms with Crippen LogP contribution >= 0.6 is 0 Å². The Hall–Kier alpha value is -2.51. The van der Waals surface area contributed by atoms with Crippen molar-refractivity contribution in [2.75, 3.05) is 5.73 Å². The number of nitro groups is 1. The Morgan fingerprint density at radius 1 is 1.32 bits per heavy atom. The van der Waals surface area contributed by atoms with Crippen LogP contribution in [0.4, 0.5) is 11.6 Å². The highest BCUT2D eigenvalue weighted by molar-refractivity contribution is 5.49. The van der Waals surface area contributed by atoms with E-state index in [9.17, 15) is 10.1 Å². The van der Waals surface area contributed by atoms with E-state index in [2.05, 4.69) is 15.0 Å². The van der Waals surface area contributed by atoms with Crippen molar-refractivity contribution in [2.45, 2.75) is 25.7 Å². The molecule has 0 amide bonds. The summed E-state index contributed by atoms with van der Waals surface area (Å²) >= 11 is 0. The van der Waals surface area contributed by atoms with Crippen LogP contribution in [0.5, 0.6) is 0 Å². The van der Waals surface area contributed by atoms with E-state index in [-0.39, 0.29) is 17.5 Å². The summed E-state index contributed by atoms with van der Waals surface area (Å²) in [5.41, 5.74) is 7.33. The van der Waals surface area contributed by atoms with Gasteiger partial charge in [0, 0.05) is 5.69 Å². The molecule has 8 heteroatoms. The zero-order valence-electron chi connectivity index (χ0n) is 10.1. The van der Waals surface area contributed by atoms with Crippen molar-refractivity contribution < 1.29 is 4.92 Å². The minimum absolute atomic E-state index is 0.0128. The Kier molecular flexibility index (Phi) is 2.62. The predicted molar refractivity (Wildman–Crippen MR) is 66.9 cm³/mol. The molecule has 1 aliphatic carbocycles. The number of hydrogen-bond acceptors (Lipinski definition) is 6. The van der Waals surface area contributed by atoms with Crippen molar-refractivity contribution in [2.24, 2.45) is 0 Å². The van der Waals surface area contributed by atoms with E-state index in [1.165, 1.54) is 0 Å². The number of rotatable bonds is 2. The monoisotopic (exact) mass is 260 g/mol. The quantitative estimate of drug-likeness (QED) is 0.637. The first-order valence-corrected chi connectivity index (χ1v) is 5.99. The van der Waals surface area contributed by atoms with Crippen molar-refractivity contribution in [3.05, 3.63) is 34.0 Å². The largest absolute Gasteiger partial charge is 0.368 e. The number of hydrogen-bond donors (Lipinski definition) is 1. The molecule has 0 radical (unpaired) electrons. The van der Waals surface area contributed by atoms with Gasteiger partial charge in [0.2, 0.25) is 11.8 Å². The van der Waals surface area contributed by atoms with Gasteiger partial charge < -0.3 is 5.73 Å². The van der Waals surface area contributed by atoms with E-state index in [1.807, 2.05) is 0 Å². The molecule has 0 saturated carbocycles. The number of aromatic nitrogens is 4. The van der Waals surface area contributed by atoms with Gasteiger partial charge in [0.25, 0.3) is 0 Å². The molecular weight excluding hydrogens is 248 g/mol. The molecule has 8 nitrogen and oxygen atoms in total. The van der Waals surface area contributed by atoms with Crippen LogP contribution in [0.3, 0.4) is 0 Å². The van der Waals surface area contributed by atoms with E-state index in [1.54, 1.807) is 10.9 Å². The van der Waals surface area contributed by atoms with Gasteiger partial charge in [0.1, 0.15) is 12.5 Å². The number of nitrogen functional groups attached to an aromatic ring is 1. The maximum absolute atomic E-state index is 11.0. The van der Waals surface area contributed by atoms with Crippen LogP contribution in [-0.4, -0.2) is 24.4 Å². The van der Waals surface area contributed by atoms with E-state index < -0.39 is 4.92 Å². The molecule has 19 heavy (non-hydrogen) atoms. The van der Waals surface area contributed by atoms with Gasteiger partial charge in [-0.1, -0.05) is 0 Å². The number of nitrogens with two attached hydrogens (primary N) is 1. The number of anilines is 1. The average molecular weight is 260 g/mol. The van der Waals surface area contributed by atoms with Gasteiger partial charge in [-0.3, -0.25) is 14.7 Å². The number of nitrogens with zero attached hydrogens (tertiary/aromatic N) is 5. The fourth-order valence-electron chi connectivity index (χ4n) is 2.34. The lowest BCUT2D eigenvalue weighted by Crippen LogP contribution is -2.11. The topological polar surface area (TPSA) is 113 Å². The van der Waals surface area contributed by atoms with Crippen LogP contribution in [0.2, 0.25) is 0 Å². The van der Waals surface area contributed by atoms with E-state index in [0.717, 1.165) is 43.3 Å². The van der Waals surface area contributed by atoms with E-state index in [4.69, 9.17) is 5.73 Å². The lowest BCUT2D eigenvalue weighted by molar-refractivity contribution is -0.385. The molecule has 0 bridgehead atoms. The third-order valence-corrected chi connectivity index (χ3v) is 3.22. The maximum atomic E-state index is 11.0. The molecule has 1 aliphatic rings. The van der Waals surface area contributed by atoms with Crippen LogP contribution in [0.1, 0.15) is 24.2 Å². The lowest BCUT2D eigenvalue weighted by Gasteiger charge is -2.13. The summed E-state index contributed by atoms with van der Waals surface area (Å²) in [6, 6.07) is 0. The van der Waals surface area contributed by atoms with Crippen molar-refractivity contribution in [1.29, 1.82) is 0 Å². The highest BCUT2D eigenvalue weighted by Crippen LogP contribution is 2.26. The van der Waals surface area contributed by atoms with E-state index >= 15 is 0 Å². The van der Waals surface area contributed by atoms with Crippen molar-refractivity contribution >= 4 is 11.6 Å².